The van der Waals surface area contributed by atoms with E-state index < -0.39 is 0 Å². The second-order valence-corrected chi connectivity index (χ2v) is 4.20. The van der Waals surface area contributed by atoms with Crippen LogP contribution in [0.2, 0.25) is 0 Å². The lowest BCUT2D eigenvalue weighted by molar-refractivity contribution is 0.0950. The van der Waals surface area contributed by atoms with Crippen LogP contribution in [0.1, 0.15) is 16.1 Å². The summed E-state index contributed by atoms with van der Waals surface area (Å²) in [6.45, 7) is 0. The Labute approximate surface area is 115 Å². The summed E-state index contributed by atoms with van der Waals surface area (Å²) in [5.74, 6) is -0.332. The fourth-order valence-electron chi connectivity index (χ4n) is 1.92. The van der Waals surface area contributed by atoms with Gasteiger partial charge in [0, 0.05) is 28.9 Å². The molecule has 0 aliphatic rings. The number of aromatic amines is 1. The molecule has 20 heavy (non-hydrogen) atoms. The summed E-state index contributed by atoms with van der Waals surface area (Å²) in [4.78, 5) is 18.8. The maximum absolute atomic E-state index is 11.7. The molecule has 0 atom stereocenters. The molecule has 1 aromatic carbocycles. The molecule has 5 nitrogen and oxygen atoms in total. The van der Waals surface area contributed by atoms with Crippen LogP contribution in [0, 0.1) is 0 Å². The fraction of sp³-hybridized carbons (Fsp3) is 0. The predicted molar refractivity (Wildman–Crippen MR) is 77.6 cm³/mol. The largest absolute Gasteiger partial charge is 0.361 e. The van der Waals surface area contributed by atoms with Crippen molar-refractivity contribution in [2.24, 2.45) is 5.10 Å². The molecule has 1 amide bonds. The highest BCUT2D eigenvalue weighted by atomic mass is 16.2. The number of hydrogen-bond acceptors (Lipinski definition) is 3. The van der Waals surface area contributed by atoms with Gasteiger partial charge in [-0.15, -0.1) is 0 Å². The topological polar surface area (TPSA) is 70.1 Å². The molecule has 0 spiro atoms. The van der Waals surface area contributed by atoms with Crippen LogP contribution < -0.4 is 5.43 Å². The number of carbonyl (C=O) groups is 1. The molecule has 0 saturated heterocycles. The number of pyridine rings is 1. The van der Waals surface area contributed by atoms with Crippen LogP contribution in [0.15, 0.2) is 60.0 Å². The maximum Gasteiger partial charge on any atom is 0.289 e. The second-order valence-electron chi connectivity index (χ2n) is 4.20. The van der Waals surface area contributed by atoms with Crippen molar-refractivity contribution in [3.05, 3.63) is 66.1 Å². The minimum Gasteiger partial charge on any atom is -0.361 e. The van der Waals surface area contributed by atoms with Crippen LogP contribution in [0.25, 0.3) is 10.9 Å². The average molecular weight is 264 g/mol. The number of hydrazone groups is 1. The normalized spacial score (nSPS) is 11.0. The number of amides is 1. The highest BCUT2D eigenvalue weighted by Gasteiger charge is 2.04. The molecule has 0 unspecified atom stereocenters. The third-order valence-corrected chi connectivity index (χ3v) is 2.89. The maximum atomic E-state index is 11.7. The number of aromatic nitrogens is 2. The fourth-order valence-corrected chi connectivity index (χ4v) is 1.92. The Kier molecular flexibility index (Phi) is 3.24. The monoisotopic (exact) mass is 264 g/mol. The van der Waals surface area contributed by atoms with Gasteiger partial charge in [-0.25, -0.2) is 5.43 Å². The number of nitrogens with one attached hydrogen (secondary N) is 2. The number of rotatable bonds is 3. The van der Waals surface area contributed by atoms with Gasteiger partial charge in [0.05, 0.1) is 6.21 Å². The van der Waals surface area contributed by atoms with E-state index in [2.05, 4.69) is 20.5 Å². The van der Waals surface area contributed by atoms with Gasteiger partial charge in [-0.1, -0.05) is 24.3 Å². The van der Waals surface area contributed by atoms with Crippen LogP contribution in [-0.2, 0) is 0 Å². The van der Waals surface area contributed by atoms with E-state index in [1.54, 1.807) is 30.6 Å². The molecular weight excluding hydrogens is 252 g/mol. The first-order valence-corrected chi connectivity index (χ1v) is 6.15. The number of carbonyl (C=O) groups excluding carboxylic acids is 1. The van der Waals surface area contributed by atoms with E-state index in [9.17, 15) is 4.79 Å². The van der Waals surface area contributed by atoms with E-state index in [1.807, 2.05) is 30.5 Å². The number of para-hydroxylation sites is 1. The Hall–Kier alpha value is -2.95. The van der Waals surface area contributed by atoms with Crippen LogP contribution in [0.3, 0.4) is 0 Å². The lowest BCUT2D eigenvalue weighted by Gasteiger charge is -1.97. The SMILES string of the molecule is O=C(N/N=C/c1c[nH]c2ccccc12)c1ccccn1. The molecule has 5 heteroatoms. The van der Waals surface area contributed by atoms with Crippen molar-refractivity contribution in [3.63, 3.8) is 0 Å². The zero-order valence-corrected chi connectivity index (χ0v) is 10.6. The van der Waals surface area contributed by atoms with Gasteiger partial charge in [-0.3, -0.25) is 9.78 Å². The van der Waals surface area contributed by atoms with Gasteiger partial charge < -0.3 is 4.98 Å². The Morgan fingerprint density at radius 3 is 2.90 bits per heavy atom. The third-order valence-electron chi connectivity index (χ3n) is 2.89. The first kappa shape index (κ1) is 12.1. The highest BCUT2D eigenvalue weighted by molar-refractivity contribution is 5.99. The van der Waals surface area contributed by atoms with Crippen molar-refractivity contribution >= 4 is 23.0 Å². The van der Waals surface area contributed by atoms with Gasteiger partial charge in [-0.05, 0) is 18.2 Å². The average Bonchev–Trinajstić information content (AvgIpc) is 2.92. The van der Waals surface area contributed by atoms with E-state index in [4.69, 9.17) is 0 Å². The smallest absolute Gasteiger partial charge is 0.289 e. The molecule has 0 aliphatic carbocycles. The Balaban J connectivity index is 1.74. The number of hydrogen-bond donors (Lipinski definition) is 2. The molecular formula is C15H12N4O. The molecule has 0 radical (unpaired) electrons. The van der Waals surface area contributed by atoms with Crippen molar-refractivity contribution in [2.45, 2.75) is 0 Å². The van der Waals surface area contributed by atoms with Crippen molar-refractivity contribution in [1.82, 2.24) is 15.4 Å². The first-order chi connectivity index (χ1) is 9.84. The number of nitrogens with zero attached hydrogens (tertiary/aromatic N) is 2. The summed E-state index contributed by atoms with van der Waals surface area (Å²) >= 11 is 0. The zero-order valence-electron chi connectivity index (χ0n) is 10.6. The quantitative estimate of drug-likeness (QED) is 0.563. The summed E-state index contributed by atoms with van der Waals surface area (Å²) in [5.41, 5.74) is 4.74. The van der Waals surface area contributed by atoms with E-state index >= 15 is 0 Å². The summed E-state index contributed by atoms with van der Waals surface area (Å²) in [5, 5.41) is 5.01. The number of fused-ring (bicyclic) bond motifs is 1. The Morgan fingerprint density at radius 1 is 1.20 bits per heavy atom. The Morgan fingerprint density at radius 2 is 2.05 bits per heavy atom. The molecule has 3 rings (SSSR count). The molecule has 2 heterocycles. The first-order valence-electron chi connectivity index (χ1n) is 6.15. The van der Waals surface area contributed by atoms with E-state index in [0.717, 1.165) is 16.5 Å². The van der Waals surface area contributed by atoms with Crippen LogP contribution in [-0.4, -0.2) is 22.1 Å². The van der Waals surface area contributed by atoms with E-state index in [1.165, 1.54) is 0 Å². The lowest BCUT2D eigenvalue weighted by Crippen LogP contribution is -2.18. The van der Waals surface area contributed by atoms with Gasteiger partial charge in [-0.2, -0.15) is 5.10 Å². The summed E-state index contributed by atoms with van der Waals surface area (Å²) in [6, 6.07) is 13.0. The molecule has 0 bridgehead atoms. The third kappa shape index (κ3) is 2.42. The minimum atomic E-state index is -0.332. The molecule has 2 N–H and O–H groups in total. The van der Waals surface area contributed by atoms with Gasteiger partial charge in [0.15, 0.2) is 0 Å². The van der Waals surface area contributed by atoms with E-state index in [-0.39, 0.29) is 5.91 Å². The van der Waals surface area contributed by atoms with Gasteiger partial charge >= 0.3 is 0 Å². The molecule has 2 aromatic heterocycles. The van der Waals surface area contributed by atoms with Gasteiger partial charge in [0.1, 0.15) is 5.69 Å². The van der Waals surface area contributed by atoms with Crippen LogP contribution in [0.4, 0.5) is 0 Å². The minimum absolute atomic E-state index is 0.332. The van der Waals surface area contributed by atoms with Crippen LogP contribution >= 0.6 is 0 Å². The van der Waals surface area contributed by atoms with Gasteiger partial charge in [0.2, 0.25) is 0 Å². The van der Waals surface area contributed by atoms with Crippen molar-refractivity contribution in [2.75, 3.05) is 0 Å². The lowest BCUT2D eigenvalue weighted by atomic mass is 10.2. The van der Waals surface area contributed by atoms with Crippen molar-refractivity contribution < 1.29 is 4.79 Å². The molecule has 0 saturated carbocycles. The number of H-pyrrole nitrogens is 1. The summed E-state index contributed by atoms with van der Waals surface area (Å²) in [6.07, 6.45) is 5.03. The zero-order chi connectivity index (χ0) is 13.8. The standard InChI is InChI=1S/C15H12N4O/c20-15(14-7-3-4-8-16-14)19-18-10-11-9-17-13-6-2-1-5-12(11)13/h1-10,17H,(H,19,20)/b18-10+. The van der Waals surface area contributed by atoms with E-state index in [0.29, 0.717) is 5.69 Å². The molecule has 0 fully saturated rings. The molecule has 0 aliphatic heterocycles. The Bertz CT molecular complexity index is 762. The molecule has 98 valence electrons. The predicted octanol–water partition coefficient (Wildman–Crippen LogP) is 2.33. The van der Waals surface area contributed by atoms with Crippen LogP contribution in [0.5, 0.6) is 0 Å². The van der Waals surface area contributed by atoms with Gasteiger partial charge in [0.25, 0.3) is 5.91 Å². The van der Waals surface area contributed by atoms with Crippen molar-refractivity contribution in [1.29, 1.82) is 0 Å². The highest BCUT2D eigenvalue weighted by Crippen LogP contribution is 2.15. The molecule has 3 aromatic rings. The summed E-state index contributed by atoms with van der Waals surface area (Å²) in [7, 11) is 0. The number of benzene rings is 1. The van der Waals surface area contributed by atoms with Crippen molar-refractivity contribution in [3.8, 4) is 0 Å². The second kappa shape index (κ2) is 5.36. The summed E-state index contributed by atoms with van der Waals surface area (Å²) < 4.78 is 0.